The molecule has 0 aromatic heterocycles. The molecule has 0 spiro atoms. The van der Waals surface area contributed by atoms with E-state index in [0.717, 1.165) is 0 Å². The Morgan fingerprint density at radius 2 is 1.73 bits per heavy atom. The Kier molecular flexibility index (Phi) is 6.29. The Morgan fingerprint density at radius 3 is 2.15 bits per heavy atom. The first-order chi connectivity index (χ1) is 12.0. The number of rotatable bonds is 5. The van der Waals surface area contributed by atoms with Crippen LogP contribution in [0.1, 0.15) is 57.1 Å². The van der Waals surface area contributed by atoms with Crippen LogP contribution in [-0.4, -0.2) is 44.7 Å². The zero-order valence-corrected chi connectivity index (χ0v) is 16.8. The average molecular weight is 386 g/mol. The van der Waals surface area contributed by atoms with Crippen molar-refractivity contribution in [3.63, 3.8) is 0 Å². The lowest BCUT2D eigenvalue weighted by Crippen LogP contribution is -2.41. The summed E-state index contributed by atoms with van der Waals surface area (Å²) in [5, 5.41) is 2.04. The fourth-order valence-corrected chi connectivity index (χ4v) is 4.55. The fourth-order valence-electron chi connectivity index (χ4n) is 3.20. The number of amides is 2. The molecule has 1 fully saturated rings. The molecule has 0 aliphatic carbocycles. The highest BCUT2D eigenvalue weighted by atomic mass is 32.2. The van der Waals surface area contributed by atoms with Crippen molar-refractivity contribution in [1.29, 1.82) is 0 Å². The van der Waals surface area contributed by atoms with Crippen molar-refractivity contribution < 1.29 is 17.6 Å². The van der Waals surface area contributed by atoms with E-state index in [2.05, 4.69) is 10.0 Å². The van der Waals surface area contributed by atoms with Gasteiger partial charge < -0.3 is 10.2 Å². The van der Waals surface area contributed by atoms with Gasteiger partial charge in [0.2, 0.25) is 10.0 Å². The summed E-state index contributed by atoms with van der Waals surface area (Å²) in [4.78, 5) is 14.3. The Labute approximate surface area is 155 Å². The van der Waals surface area contributed by atoms with E-state index < -0.39 is 21.3 Å². The van der Waals surface area contributed by atoms with Crippen molar-refractivity contribution in [2.45, 2.75) is 51.2 Å². The summed E-state index contributed by atoms with van der Waals surface area (Å²) in [6, 6.07) is 1.95. The molecule has 1 unspecified atom stereocenters. The maximum atomic E-state index is 13.9. The van der Waals surface area contributed by atoms with Crippen molar-refractivity contribution in [1.82, 2.24) is 9.62 Å². The van der Waals surface area contributed by atoms with Gasteiger partial charge in [0.15, 0.2) is 0 Å². The maximum absolute atomic E-state index is 13.9. The Hall–Kier alpha value is -1.67. The number of halogens is 1. The molecule has 1 heterocycles. The van der Waals surface area contributed by atoms with Crippen molar-refractivity contribution in [3.8, 4) is 0 Å². The number of anilines is 1. The first-order valence-electron chi connectivity index (χ1n) is 8.85. The molecule has 1 atom stereocenters. The summed E-state index contributed by atoms with van der Waals surface area (Å²) < 4.78 is 40.9. The minimum atomic E-state index is -3.76. The van der Waals surface area contributed by atoms with Gasteiger partial charge in [-0.05, 0) is 55.1 Å². The third kappa shape index (κ3) is 4.73. The third-order valence-electron chi connectivity index (χ3n) is 4.67. The Bertz CT molecular complexity index is 749. The number of carbonyl (C=O) groups is 1. The van der Waals surface area contributed by atoms with Crippen LogP contribution in [0, 0.1) is 5.82 Å². The minimum absolute atomic E-state index is 0.0291. The zero-order valence-electron chi connectivity index (χ0n) is 16.0. The molecule has 1 aliphatic heterocycles. The highest BCUT2D eigenvalue weighted by Crippen LogP contribution is 2.33. The van der Waals surface area contributed by atoms with Crippen LogP contribution < -0.4 is 10.0 Å². The molecule has 2 N–H and O–H groups in total. The Balaban J connectivity index is 2.25. The highest BCUT2D eigenvalue weighted by Gasteiger charge is 2.33. The highest BCUT2D eigenvalue weighted by molar-refractivity contribution is 7.90. The molecular formula is C18H28FN3O3S. The van der Waals surface area contributed by atoms with Gasteiger partial charge in [-0.3, -0.25) is 0 Å². The second kappa shape index (κ2) is 7.92. The SMILES string of the molecule is CC(C)c1cc(F)cc(C(C)C)c1NC(=O)NS(=O)(=O)C1CCN(C)C1. The molecule has 146 valence electrons. The molecule has 1 aromatic rings. The Morgan fingerprint density at radius 1 is 1.19 bits per heavy atom. The van der Waals surface area contributed by atoms with E-state index in [-0.39, 0.29) is 17.7 Å². The molecule has 2 amide bonds. The number of hydrogen-bond acceptors (Lipinski definition) is 4. The number of sulfonamides is 1. The number of benzene rings is 1. The predicted molar refractivity (Wildman–Crippen MR) is 102 cm³/mol. The third-order valence-corrected chi connectivity index (χ3v) is 6.40. The topological polar surface area (TPSA) is 78.5 Å². The molecule has 0 saturated carbocycles. The van der Waals surface area contributed by atoms with Crippen molar-refractivity contribution in [2.75, 3.05) is 25.5 Å². The van der Waals surface area contributed by atoms with Crippen LogP contribution in [-0.2, 0) is 10.0 Å². The number of carbonyl (C=O) groups excluding carboxylic acids is 1. The molecule has 1 aliphatic rings. The second-order valence-corrected chi connectivity index (χ2v) is 9.50. The first-order valence-corrected chi connectivity index (χ1v) is 10.4. The van der Waals surface area contributed by atoms with Gasteiger partial charge in [-0.2, -0.15) is 0 Å². The molecule has 1 aromatic carbocycles. The van der Waals surface area contributed by atoms with Crippen LogP contribution in [0.2, 0.25) is 0 Å². The van der Waals surface area contributed by atoms with Crippen LogP contribution in [0.15, 0.2) is 12.1 Å². The summed E-state index contributed by atoms with van der Waals surface area (Å²) in [5.41, 5.74) is 1.76. The predicted octanol–water partition coefficient (Wildman–Crippen LogP) is 3.23. The van der Waals surface area contributed by atoms with E-state index >= 15 is 0 Å². The second-order valence-electron chi connectivity index (χ2n) is 7.54. The van der Waals surface area contributed by atoms with Gasteiger partial charge in [-0.15, -0.1) is 0 Å². The van der Waals surface area contributed by atoms with E-state index in [1.54, 1.807) is 0 Å². The first kappa shape index (κ1) is 20.6. The lowest BCUT2D eigenvalue weighted by atomic mass is 9.92. The van der Waals surface area contributed by atoms with Crippen LogP contribution >= 0.6 is 0 Å². The minimum Gasteiger partial charge on any atom is -0.307 e. The molecule has 0 bridgehead atoms. The van der Waals surface area contributed by atoms with Gasteiger partial charge in [0, 0.05) is 12.2 Å². The van der Waals surface area contributed by atoms with Gasteiger partial charge in [0.1, 0.15) is 5.82 Å². The van der Waals surface area contributed by atoms with Crippen molar-refractivity contribution in [2.24, 2.45) is 0 Å². The largest absolute Gasteiger partial charge is 0.332 e. The van der Waals surface area contributed by atoms with E-state index in [9.17, 15) is 17.6 Å². The van der Waals surface area contributed by atoms with E-state index in [1.165, 1.54) is 12.1 Å². The summed E-state index contributed by atoms with van der Waals surface area (Å²) in [7, 11) is -1.92. The van der Waals surface area contributed by atoms with E-state index in [0.29, 0.717) is 36.3 Å². The normalized spacial score (nSPS) is 18.5. The molecule has 6 nitrogen and oxygen atoms in total. The number of nitrogens with zero attached hydrogens (tertiary/aromatic N) is 1. The van der Waals surface area contributed by atoms with Crippen molar-refractivity contribution >= 4 is 21.7 Å². The molecular weight excluding hydrogens is 357 g/mol. The van der Waals surface area contributed by atoms with Gasteiger partial charge >= 0.3 is 6.03 Å². The van der Waals surface area contributed by atoms with Crippen LogP contribution in [0.5, 0.6) is 0 Å². The number of likely N-dealkylation sites (tertiary alicyclic amines) is 1. The summed E-state index contributed by atoms with van der Waals surface area (Å²) >= 11 is 0. The molecule has 2 rings (SSSR count). The standard InChI is InChI=1S/C18H28FN3O3S/c1-11(2)15-8-13(19)9-16(12(3)4)17(15)20-18(23)21-26(24,25)14-6-7-22(5)10-14/h8-9,11-12,14H,6-7,10H2,1-5H3,(H2,20,21,23). The van der Waals surface area contributed by atoms with Gasteiger partial charge in [0.25, 0.3) is 0 Å². The fraction of sp³-hybridized carbons (Fsp3) is 0.611. The number of urea groups is 1. The van der Waals surface area contributed by atoms with Crippen LogP contribution in [0.4, 0.5) is 14.9 Å². The quantitative estimate of drug-likeness (QED) is 0.816. The summed E-state index contributed by atoms with van der Waals surface area (Å²) in [5.74, 6) is -0.429. The number of nitrogens with one attached hydrogen (secondary N) is 2. The van der Waals surface area contributed by atoms with Crippen LogP contribution in [0.25, 0.3) is 0 Å². The molecule has 0 radical (unpaired) electrons. The zero-order chi connectivity index (χ0) is 19.6. The maximum Gasteiger partial charge on any atom is 0.332 e. The lowest BCUT2D eigenvalue weighted by Gasteiger charge is -2.21. The summed E-state index contributed by atoms with van der Waals surface area (Å²) in [6.45, 7) is 8.66. The smallest absolute Gasteiger partial charge is 0.307 e. The van der Waals surface area contributed by atoms with E-state index in [4.69, 9.17) is 0 Å². The van der Waals surface area contributed by atoms with Gasteiger partial charge in [-0.1, -0.05) is 27.7 Å². The van der Waals surface area contributed by atoms with Crippen LogP contribution in [0.3, 0.4) is 0 Å². The monoisotopic (exact) mass is 385 g/mol. The summed E-state index contributed by atoms with van der Waals surface area (Å²) in [6.07, 6.45) is 0.490. The molecule has 1 saturated heterocycles. The average Bonchev–Trinajstić information content (AvgIpc) is 2.95. The molecule has 8 heteroatoms. The lowest BCUT2D eigenvalue weighted by molar-refractivity contribution is 0.256. The molecule has 26 heavy (non-hydrogen) atoms. The van der Waals surface area contributed by atoms with Crippen molar-refractivity contribution in [3.05, 3.63) is 29.1 Å². The van der Waals surface area contributed by atoms with Gasteiger partial charge in [-0.25, -0.2) is 22.3 Å². The van der Waals surface area contributed by atoms with E-state index in [1.807, 2.05) is 39.6 Å². The van der Waals surface area contributed by atoms with Gasteiger partial charge in [0.05, 0.1) is 5.25 Å². The number of hydrogen-bond donors (Lipinski definition) is 2.